The number of aromatic nitrogens is 1. The minimum atomic E-state index is 0.150. The second kappa shape index (κ2) is 7.23. The first-order valence-corrected chi connectivity index (χ1v) is 8.39. The van der Waals surface area contributed by atoms with E-state index in [1.807, 2.05) is 25.1 Å². The molecule has 0 aliphatic rings. The second-order valence-corrected chi connectivity index (χ2v) is 6.39. The molecule has 114 valence electrons. The molecule has 0 spiro atoms. The summed E-state index contributed by atoms with van der Waals surface area (Å²) < 4.78 is 0.939. The van der Waals surface area contributed by atoms with Gasteiger partial charge in [-0.1, -0.05) is 36.2 Å². The van der Waals surface area contributed by atoms with Gasteiger partial charge in [0.2, 0.25) is 0 Å². The zero-order valence-electron chi connectivity index (χ0n) is 13.0. The van der Waals surface area contributed by atoms with Crippen molar-refractivity contribution in [2.45, 2.75) is 40.2 Å². The molecular formula is C17H23BrN2O. The van der Waals surface area contributed by atoms with Gasteiger partial charge in [0.25, 0.3) is 0 Å². The SMILES string of the molecule is CCCCN(CC)Cc1c(C)[nH]c2ccc(Br)cc2c1=O. The average molecular weight is 351 g/mol. The Bertz CT molecular complexity index is 678. The van der Waals surface area contributed by atoms with E-state index in [1.54, 1.807) is 0 Å². The molecule has 1 N–H and O–H groups in total. The third kappa shape index (κ3) is 3.74. The van der Waals surface area contributed by atoms with Crippen molar-refractivity contribution in [3.05, 3.63) is 44.2 Å². The molecule has 3 nitrogen and oxygen atoms in total. The third-order valence-electron chi connectivity index (χ3n) is 3.93. The van der Waals surface area contributed by atoms with E-state index in [1.165, 1.54) is 12.8 Å². The van der Waals surface area contributed by atoms with Gasteiger partial charge in [-0.2, -0.15) is 0 Å². The predicted molar refractivity (Wildman–Crippen MR) is 92.9 cm³/mol. The van der Waals surface area contributed by atoms with Crippen LogP contribution in [-0.2, 0) is 6.54 Å². The first-order valence-electron chi connectivity index (χ1n) is 7.60. The highest BCUT2D eigenvalue weighted by Gasteiger charge is 2.12. The number of aryl methyl sites for hydroxylation is 1. The third-order valence-corrected chi connectivity index (χ3v) is 4.43. The molecule has 4 heteroatoms. The van der Waals surface area contributed by atoms with Gasteiger partial charge in [-0.3, -0.25) is 9.69 Å². The Morgan fingerprint density at radius 1 is 1.29 bits per heavy atom. The highest BCUT2D eigenvalue weighted by Crippen LogP contribution is 2.18. The number of rotatable bonds is 6. The lowest BCUT2D eigenvalue weighted by atomic mass is 10.1. The van der Waals surface area contributed by atoms with E-state index >= 15 is 0 Å². The van der Waals surface area contributed by atoms with E-state index in [2.05, 4.69) is 39.7 Å². The van der Waals surface area contributed by atoms with E-state index < -0.39 is 0 Å². The van der Waals surface area contributed by atoms with E-state index in [0.29, 0.717) is 0 Å². The Hall–Kier alpha value is -1.13. The van der Waals surface area contributed by atoms with Crippen LogP contribution in [0.5, 0.6) is 0 Å². The highest BCUT2D eigenvalue weighted by atomic mass is 79.9. The van der Waals surface area contributed by atoms with Gasteiger partial charge in [0.1, 0.15) is 0 Å². The Balaban J connectivity index is 2.41. The summed E-state index contributed by atoms with van der Waals surface area (Å²) in [5.74, 6) is 0. The van der Waals surface area contributed by atoms with Gasteiger partial charge >= 0.3 is 0 Å². The molecule has 1 aromatic heterocycles. The van der Waals surface area contributed by atoms with Gasteiger partial charge in [0.05, 0.1) is 0 Å². The lowest BCUT2D eigenvalue weighted by molar-refractivity contribution is 0.274. The maximum atomic E-state index is 12.8. The minimum absolute atomic E-state index is 0.150. The highest BCUT2D eigenvalue weighted by molar-refractivity contribution is 9.10. The summed E-state index contributed by atoms with van der Waals surface area (Å²) in [4.78, 5) is 18.5. The van der Waals surface area contributed by atoms with Gasteiger partial charge in [0, 0.05) is 33.2 Å². The van der Waals surface area contributed by atoms with Crippen molar-refractivity contribution >= 4 is 26.8 Å². The number of unbranched alkanes of at least 4 members (excludes halogenated alkanes) is 1. The van der Waals surface area contributed by atoms with Crippen molar-refractivity contribution in [2.75, 3.05) is 13.1 Å². The fourth-order valence-corrected chi connectivity index (χ4v) is 2.93. The van der Waals surface area contributed by atoms with E-state index in [0.717, 1.165) is 46.3 Å². The maximum Gasteiger partial charge on any atom is 0.194 e. The van der Waals surface area contributed by atoms with Crippen molar-refractivity contribution in [1.82, 2.24) is 9.88 Å². The summed E-state index contributed by atoms with van der Waals surface area (Å²) in [6, 6.07) is 5.81. The van der Waals surface area contributed by atoms with Gasteiger partial charge in [-0.15, -0.1) is 0 Å². The molecule has 0 aliphatic heterocycles. The maximum absolute atomic E-state index is 12.8. The molecule has 0 bridgehead atoms. The number of halogens is 1. The van der Waals surface area contributed by atoms with Crippen LogP contribution in [0, 0.1) is 6.92 Å². The first kappa shape index (κ1) is 16.2. The minimum Gasteiger partial charge on any atom is -0.358 e. The van der Waals surface area contributed by atoms with Crippen molar-refractivity contribution in [1.29, 1.82) is 0 Å². The molecule has 21 heavy (non-hydrogen) atoms. The average Bonchev–Trinajstić information content (AvgIpc) is 2.47. The summed E-state index contributed by atoms with van der Waals surface area (Å²) >= 11 is 3.45. The summed E-state index contributed by atoms with van der Waals surface area (Å²) in [6.45, 7) is 9.07. The van der Waals surface area contributed by atoms with Gasteiger partial charge in [-0.25, -0.2) is 0 Å². The molecule has 2 aromatic rings. The molecular weight excluding hydrogens is 328 g/mol. The topological polar surface area (TPSA) is 36.1 Å². The van der Waals surface area contributed by atoms with Crippen molar-refractivity contribution in [3.8, 4) is 0 Å². The Morgan fingerprint density at radius 3 is 2.71 bits per heavy atom. The summed E-state index contributed by atoms with van der Waals surface area (Å²) in [6.07, 6.45) is 2.35. The molecule has 1 aromatic carbocycles. The Labute approximate surface area is 134 Å². The van der Waals surface area contributed by atoms with Crippen LogP contribution >= 0.6 is 15.9 Å². The van der Waals surface area contributed by atoms with Crippen LogP contribution in [0.4, 0.5) is 0 Å². The zero-order chi connectivity index (χ0) is 15.4. The van der Waals surface area contributed by atoms with Crippen molar-refractivity contribution < 1.29 is 0 Å². The number of pyridine rings is 1. The van der Waals surface area contributed by atoms with E-state index in [9.17, 15) is 4.79 Å². The van der Waals surface area contributed by atoms with Crippen LogP contribution in [0.15, 0.2) is 27.5 Å². The molecule has 0 amide bonds. The quantitative estimate of drug-likeness (QED) is 0.846. The normalized spacial score (nSPS) is 11.5. The summed E-state index contributed by atoms with van der Waals surface area (Å²) in [7, 11) is 0. The molecule has 0 radical (unpaired) electrons. The molecule has 0 aliphatic carbocycles. The van der Waals surface area contributed by atoms with Crippen LogP contribution in [0.25, 0.3) is 10.9 Å². The summed E-state index contributed by atoms with van der Waals surface area (Å²) in [5, 5.41) is 0.761. The first-order chi connectivity index (χ1) is 10.1. The Morgan fingerprint density at radius 2 is 2.05 bits per heavy atom. The van der Waals surface area contributed by atoms with Crippen LogP contribution in [0.2, 0.25) is 0 Å². The number of hydrogen-bond donors (Lipinski definition) is 1. The van der Waals surface area contributed by atoms with E-state index in [-0.39, 0.29) is 5.43 Å². The number of H-pyrrole nitrogens is 1. The van der Waals surface area contributed by atoms with E-state index in [4.69, 9.17) is 0 Å². The largest absolute Gasteiger partial charge is 0.358 e. The number of fused-ring (bicyclic) bond motifs is 1. The second-order valence-electron chi connectivity index (χ2n) is 5.47. The lowest BCUT2D eigenvalue weighted by Crippen LogP contribution is -2.28. The smallest absolute Gasteiger partial charge is 0.194 e. The predicted octanol–water partition coefficient (Wildman–Crippen LogP) is 4.22. The fraction of sp³-hybridized carbons (Fsp3) is 0.471. The van der Waals surface area contributed by atoms with Crippen LogP contribution in [-0.4, -0.2) is 23.0 Å². The molecule has 0 fully saturated rings. The number of nitrogens with one attached hydrogen (secondary N) is 1. The van der Waals surface area contributed by atoms with Gasteiger partial charge in [0.15, 0.2) is 5.43 Å². The van der Waals surface area contributed by atoms with Crippen molar-refractivity contribution in [2.24, 2.45) is 0 Å². The van der Waals surface area contributed by atoms with Crippen LogP contribution in [0.1, 0.15) is 37.9 Å². The summed E-state index contributed by atoms with van der Waals surface area (Å²) in [5.41, 5.74) is 2.92. The van der Waals surface area contributed by atoms with Crippen molar-refractivity contribution in [3.63, 3.8) is 0 Å². The zero-order valence-corrected chi connectivity index (χ0v) is 14.6. The monoisotopic (exact) mass is 350 g/mol. The molecule has 0 atom stereocenters. The van der Waals surface area contributed by atoms with Crippen LogP contribution < -0.4 is 5.43 Å². The van der Waals surface area contributed by atoms with Gasteiger partial charge in [-0.05, 0) is 44.6 Å². The number of aromatic amines is 1. The van der Waals surface area contributed by atoms with Crippen LogP contribution in [0.3, 0.4) is 0 Å². The number of benzene rings is 1. The molecule has 2 rings (SSSR count). The number of nitrogens with zero attached hydrogens (tertiary/aromatic N) is 1. The molecule has 0 unspecified atom stereocenters. The lowest BCUT2D eigenvalue weighted by Gasteiger charge is -2.21. The number of hydrogen-bond acceptors (Lipinski definition) is 2. The molecule has 1 heterocycles. The molecule has 0 saturated heterocycles. The standard InChI is InChI=1S/C17H23BrN2O/c1-4-6-9-20(5-2)11-15-12(3)19-16-8-7-13(18)10-14(16)17(15)21/h7-8,10H,4-6,9,11H2,1-3H3,(H,19,21). The Kier molecular flexibility index (Phi) is 5.59. The van der Waals surface area contributed by atoms with Gasteiger partial charge < -0.3 is 4.98 Å². The molecule has 0 saturated carbocycles. The fourth-order valence-electron chi connectivity index (χ4n) is 2.57.